The second kappa shape index (κ2) is 5.21. The summed E-state index contributed by atoms with van der Waals surface area (Å²) in [4.78, 5) is 6.90. The number of fused-ring (bicyclic) bond motifs is 1. The van der Waals surface area contributed by atoms with Crippen LogP contribution in [0.15, 0.2) is 28.7 Å². The van der Waals surface area contributed by atoms with Crippen LogP contribution in [0.1, 0.15) is 26.7 Å². The summed E-state index contributed by atoms with van der Waals surface area (Å²) in [5.41, 5.74) is 1.82. The van der Waals surface area contributed by atoms with Gasteiger partial charge in [-0.1, -0.05) is 26.0 Å². The Bertz CT molecular complexity index is 516. The summed E-state index contributed by atoms with van der Waals surface area (Å²) < 4.78 is 5.88. The molecule has 1 aromatic heterocycles. The molecule has 1 fully saturated rings. The number of hydrogen-bond acceptors (Lipinski definition) is 4. The number of oxazole rings is 1. The van der Waals surface area contributed by atoms with Crippen molar-refractivity contribution in [2.24, 2.45) is 0 Å². The zero-order chi connectivity index (χ0) is 13.2. The molecule has 0 saturated carbocycles. The number of benzene rings is 1. The fourth-order valence-electron chi connectivity index (χ4n) is 2.65. The van der Waals surface area contributed by atoms with E-state index in [0.29, 0.717) is 12.1 Å². The van der Waals surface area contributed by atoms with E-state index in [9.17, 15) is 0 Å². The molecular formula is C15H21N3O. The Morgan fingerprint density at radius 1 is 1.42 bits per heavy atom. The average molecular weight is 259 g/mol. The highest BCUT2D eigenvalue weighted by molar-refractivity contribution is 5.74. The van der Waals surface area contributed by atoms with Gasteiger partial charge in [0.15, 0.2) is 5.58 Å². The van der Waals surface area contributed by atoms with Crippen molar-refractivity contribution >= 4 is 17.1 Å². The molecule has 2 aromatic rings. The van der Waals surface area contributed by atoms with Crippen LogP contribution in [-0.4, -0.2) is 30.2 Å². The van der Waals surface area contributed by atoms with Crippen LogP contribution in [0.25, 0.3) is 11.1 Å². The lowest BCUT2D eigenvalue weighted by molar-refractivity contribution is 0.496. The molecule has 1 unspecified atom stereocenters. The summed E-state index contributed by atoms with van der Waals surface area (Å²) in [7, 11) is 0. The summed E-state index contributed by atoms with van der Waals surface area (Å²) in [6.07, 6.45) is 2.42. The normalized spacial score (nSPS) is 19.7. The van der Waals surface area contributed by atoms with E-state index in [4.69, 9.17) is 4.42 Å². The summed E-state index contributed by atoms with van der Waals surface area (Å²) in [6.45, 7) is 6.39. The molecule has 1 aliphatic rings. The van der Waals surface area contributed by atoms with E-state index >= 15 is 0 Å². The maximum Gasteiger partial charge on any atom is 0.298 e. The first kappa shape index (κ1) is 12.5. The molecule has 1 atom stereocenters. The van der Waals surface area contributed by atoms with Crippen LogP contribution in [-0.2, 0) is 0 Å². The van der Waals surface area contributed by atoms with Gasteiger partial charge in [0.2, 0.25) is 0 Å². The minimum Gasteiger partial charge on any atom is -0.423 e. The summed E-state index contributed by atoms with van der Waals surface area (Å²) >= 11 is 0. The Kier molecular flexibility index (Phi) is 3.42. The molecular weight excluding hydrogens is 238 g/mol. The average Bonchev–Trinajstić information content (AvgIpc) is 3.02. The SMILES string of the molecule is CC(C)NCC1CCCN1c1nc2ccccc2o1. The van der Waals surface area contributed by atoms with Gasteiger partial charge in [-0.3, -0.25) is 0 Å². The van der Waals surface area contributed by atoms with E-state index in [1.807, 2.05) is 24.3 Å². The number of rotatable bonds is 4. The monoisotopic (exact) mass is 259 g/mol. The molecule has 0 amide bonds. The van der Waals surface area contributed by atoms with Crippen molar-refractivity contribution < 1.29 is 4.42 Å². The third-order valence-electron chi connectivity index (χ3n) is 3.67. The molecule has 0 radical (unpaired) electrons. The minimum absolute atomic E-state index is 0.496. The molecule has 1 N–H and O–H groups in total. The van der Waals surface area contributed by atoms with E-state index in [1.165, 1.54) is 12.8 Å². The van der Waals surface area contributed by atoms with E-state index in [-0.39, 0.29) is 0 Å². The van der Waals surface area contributed by atoms with E-state index in [1.54, 1.807) is 0 Å². The van der Waals surface area contributed by atoms with Crippen LogP contribution in [0.2, 0.25) is 0 Å². The Morgan fingerprint density at radius 2 is 2.26 bits per heavy atom. The molecule has 1 aliphatic heterocycles. The van der Waals surface area contributed by atoms with Crippen LogP contribution in [0, 0.1) is 0 Å². The smallest absolute Gasteiger partial charge is 0.298 e. The molecule has 2 heterocycles. The minimum atomic E-state index is 0.496. The first-order chi connectivity index (χ1) is 9.24. The fourth-order valence-corrected chi connectivity index (χ4v) is 2.65. The number of aromatic nitrogens is 1. The van der Waals surface area contributed by atoms with Gasteiger partial charge in [0.25, 0.3) is 6.01 Å². The molecule has 4 heteroatoms. The summed E-state index contributed by atoms with van der Waals surface area (Å²) in [5.74, 6) is 0. The largest absolute Gasteiger partial charge is 0.423 e. The van der Waals surface area contributed by atoms with Crippen LogP contribution < -0.4 is 10.2 Å². The van der Waals surface area contributed by atoms with Gasteiger partial charge in [-0.05, 0) is 25.0 Å². The lowest BCUT2D eigenvalue weighted by Gasteiger charge is -2.24. The van der Waals surface area contributed by atoms with Crippen molar-refractivity contribution in [2.45, 2.75) is 38.8 Å². The van der Waals surface area contributed by atoms with Crippen molar-refractivity contribution in [3.05, 3.63) is 24.3 Å². The van der Waals surface area contributed by atoms with Crippen LogP contribution in [0.5, 0.6) is 0 Å². The van der Waals surface area contributed by atoms with E-state index in [2.05, 4.69) is 29.0 Å². The van der Waals surface area contributed by atoms with Crippen molar-refractivity contribution in [2.75, 3.05) is 18.0 Å². The van der Waals surface area contributed by atoms with Gasteiger partial charge in [-0.15, -0.1) is 0 Å². The van der Waals surface area contributed by atoms with Gasteiger partial charge in [0.1, 0.15) is 5.52 Å². The second-order valence-electron chi connectivity index (χ2n) is 5.52. The van der Waals surface area contributed by atoms with Crippen LogP contribution in [0.4, 0.5) is 6.01 Å². The molecule has 19 heavy (non-hydrogen) atoms. The van der Waals surface area contributed by atoms with Crippen molar-refractivity contribution in [1.82, 2.24) is 10.3 Å². The van der Waals surface area contributed by atoms with Gasteiger partial charge >= 0.3 is 0 Å². The molecule has 102 valence electrons. The number of para-hydroxylation sites is 2. The third-order valence-corrected chi connectivity index (χ3v) is 3.67. The van der Waals surface area contributed by atoms with E-state index < -0.39 is 0 Å². The predicted octanol–water partition coefficient (Wildman–Crippen LogP) is 2.79. The Labute approximate surface area is 113 Å². The maximum absolute atomic E-state index is 5.88. The lowest BCUT2D eigenvalue weighted by Crippen LogP contribution is -2.40. The predicted molar refractivity (Wildman–Crippen MR) is 77.5 cm³/mol. The van der Waals surface area contributed by atoms with Crippen molar-refractivity contribution in [3.8, 4) is 0 Å². The Balaban J connectivity index is 1.79. The highest BCUT2D eigenvalue weighted by atomic mass is 16.4. The molecule has 0 bridgehead atoms. The van der Waals surface area contributed by atoms with Gasteiger partial charge in [0.05, 0.1) is 0 Å². The van der Waals surface area contributed by atoms with Gasteiger partial charge in [-0.25, -0.2) is 0 Å². The molecule has 1 aromatic carbocycles. The molecule has 4 nitrogen and oxygen atoms in total. The lowest BCUT2D eigenvalue weighted by atomic mass is 10.2. The molecule has 1 saturated heterocycles. The van der Waals surface area contributed by atoms with Crippen molar-refractivity contribution in [1.29, 1.82) is 0 Å². The maximum atomic E-state index is 5.88. The summed E-state index contributed by atoms with van der Waals surface area (Å²) in [5, 5.41) is 3.51. The number of hydrogen-bond donors (Lipinski definition) is 1. The topological polar surface area (TPSA) is 41.3 Å². The standard InChI is InChI=1S/C15H21N3O/c1-11(2)16-10-12-6-5-9-18(12)15-17-13-7-3-4-8-14(13)19-15/h3-4,7-8,11-12,16H,5-6,9-10H2,1-2H3. The van der Waals surface area contributed by atoms with Gasteiger partial charge in [-0.2, -0.15) is 4.98 Å². The number of nitrogens with zero attached hydrogens (tertiary/aromatic N) is 2. The van der Waals surface area contributed by atoms with Crippen molar-refractivity contribution in [3.63, 3.8) is 0 Å². The zero-order valence-electron chi connectivity index (χ0n) is 11.6. The number of nitrogens with one attached hydrogen (secondary N) is 1. The highest BCUT2D eigenvalue weighted by Crippen LogP contribution is 2.27. The van der Waals surface area contributed by atoms with Gasteiger partial charge < -0.3 is 14.6 Å². The Hall–Kier alpha value is -1.55. The Morgan fingerprint density at radius 3 is 3.05 bits per heavy atom. The molecule has 0 aliphatic carbocycles. The quantitative estimate of drug-likeness (QED) is 0.916. The third kappa shape index (κ3) is 2.59. The van der Waals surface area contributed by atoms with E-state index in [0.717, 1.165) is 30.2 Å². The molecule has 3 rings (SSSR count). The highest BCUT2D eigenvalue weighted by Gasteiger charge is 2.28. The van der Waals surface area contributed by atoms with Gasteiger partial charge in [0, 0.05) is 25.2 Å². The number of anilines is 1. The fraction of sp³-hybridized carbons (Fsp3) is 0.533. The first-order valence-corrected chi connectivity index (χ1v) is 7.09. The van der Waals surface area contributed by atoms with Crippen LogP contribution in [0.3, 0.4) is 0 Å². The molecule has 0 spiro atoms. The summed E-state index contributed by atoms with van der Waals surface area (Å²) in [6, 6.07) is 9.74. The first-order valence-electron chi connectivity index (χ1n) is 7.09. The van der Waals surface area contributed by atoms with Crippen LogP contribution >= 0.6 is 0 Å². The second-order valence-corrected chi connectivity index (χ2v) is 5.52. The zero-order valence-corrected chi connectivity index (χ0v) is 11.6.